The molecule has 1 N–H and O–H groups in total. The Hall–Kier alpha value is -1.67. The zero-order valence-corrected chi connectivity index (χ0v) is 12.1. The van der Waals surface area contributed by atoms with E-state index in [1.807, 2.05) is 0 Å². The van der Waals surface area contributed by atoms with Gasteiger partial charge in [0.15, 0.2) is 9.84 Å². The van der Waals surface area contributed by atoms with Gasteiger partial charge in [0.1, 0.15) is 12.4 Å². The Kier molecular flexibility index (Phi) is 5.46. The number of non-ortho nitro benzene ring substituents is 1. The molecule has 0 saturated carbocycles. The molecule has 1 rings (SSSR count). The number of sulfone groups is 1. The van der Waals surface area contributed by atoms with Crippen LogP contribution in [0.5, 0.6) is 5.75 Å². The highest BCUT2D eigenvalue weighted by Gasteiger charge is 2.16. The van der Waals surface area contributed by atoms with E-state index in [4.69, 9.17) is 4.74 Å². The fraction of sp³-hybridized carbons (Fsp3) is 0.500. The summed E-state index contributed by atoms with van der Waals surface area (Å²) in [6.45, 7) is 2.94. The lowest BCUT2D eigenvalue weighted by Gasteiger charge is -2.13. The van der Waals surface area contributed by atoms with Gasteiger partial charge in [-0.15, -0.1) is 0 Å². The molecule has 0 saturated heterocycles. The maximum absolute atomic E-state index is 11.3. The molecular weight excluding hydrogens is 286 g/mol. The van der Waals surface area contributed by atoms with E-state index in [0.29, 0.717) is 0 Å². The van der Waals surface area contributed by atoms with E-state index in [1.54, 1.807) is 6.92 Å². The molecule has 0 aliphatic rings. The third-order valence-corrected chi connectivity index (χ3v) is 4.41. The largest absolute Gasteiger partial charge is 0.492 e. The van der Waals surface area contributed by atoms with Crippen LogP contribution in [0.2, 0.25) is 0 Å². The smallest absolute Gasteiger partial charge is 0.270 e. The molecule has 1 aromatic carbocycles. The molecule has 0 bridgehead atoms. The number of nitrogens with zero attached hydrogens (tertiary/aromatic N) is 1. The van der Waals surface area contributed by atoms with Crippen molar-refractivity contribution in [1.82, 2.24) is 0 Å². The standard InChI is InChI=1S/C12H17NO6S/c1-3-20(17,18)7-6-19-12-5-4-10(13(15)16)8-11(12)9(2)14/h4-5,8-9,14H,3,6-7H2,1-2H3/t9-/m1/s1. The Labute approximate surface area is 117 Å². The number of aliphatic hydroxyl groups is 1. The minimum absolute atomic E-state index is 0.0277. The van der Waals surface area contributed by atoms with Crippen molar-refractivity contribution in [2.24, 2.45) is 0 Å². The first-order valence-corrected chi connectivity index (χ1v) is 7.88. The van der Waals surface area contributed by atoms with Crippen LogP contribution in [0.3, 0.4) is 0 Å². The minimum atomic E-state index is -3.14. The fourth-order valence-corrected chi connectivity index (χ4v) is 2.16. The number of benzene rings is 1. The maximum Gasteiger partial charge on any atom is 0.270 e. The van der Waals surface area contributed by atoms with Crippen LogP contribution in [0.4, 0.5) is 5.69 Å². The van der Waals surface area contributed by atoms with Crippen molar-refractivity contribution in [3.05, 3.63) is 33.9 Å². The van der Waals surface area contributed by atoms with Gasteiger partial charge in [-0.25, -0.2) is 8.42 Å². The lowest BCUT2D eigenvalue weighted by Crippen LogP contribution is -2.16. The third kappa shape index (κ3) is 4.46. The molecule has 0 fully saturated rings. The molecule has 112 valence electrons. The Morgan fingerprint density at radius 1 is 1.45 bits per heavy atom. The molecule has 0 heterocycles. The SMILES string of the molecule is CCS(=O)(=O)CCOc1ccc([N+](=O)[O-])cc1[C@@H](C)O. The zero-order valence-electron chi connectivity index (χ0n) is 11.3. The van der Waals surface area contributed by atoms with Crippen molar-refractivity contribution in [1.29, 1.82) is 0 Å². The van der Waals surface area contributed by atoms with Crippen molar-refractivity contribution >= 4 is 15.5 Å². The molecule has 1 atom stereocenters. The van der Waals surface area contributed by atoms with Gasteiger partial charge in [-0.2, -0.15) is 0 Å². The van der Waals surface area contributed by atoms with Crippen LogP contribution in [-0.4, -0.2) is 36.6 Å². The van der Waals surface area contributed by atoms with Crippen LogP contribution in [-0.2, 0) is 9.84 Å². The monoisotopic (exact) mass is 303 g/mol. The molecule has 7 nitrogen and oxygen atoms in total. The van der Waals surface area contributed by atoms with Crippen LogP contribution < -0.4 is 4.74 Å². The van der Waals surface area contributed by atoms with Crippen LogP contribution in [0.1, 0.15) is 25.5 Å². The van der Waals surface area contributed by atoms with Gasteiger partial charge in [-0.1, -0.05) is 6.92 Å². The molecule has 0 amide bonds. The summed E-state index contributed by atoms with van der Waals surface area (Å²) in [4.78, 5) is 10.1. The summed E-state index contributed by atoms with van der Waals surface area (Å²) in [6.07, 6.45) is -0.951. The van der Waals surface area contributed by atoms with Gasteiger partial charge < -0.3 is 9.84 Å². The van der Waals surface area contributed by atoms with Gasteiger partial charge in [0.25, 0.3) is 5.69 Å². The number of nitro groups is 1. The molecule has 0 unspecified atom stereocenters. The Balaban J connectivity index is 2.87. The third-order valence-electron chi connectivity index (χ3n) is 2.75. The molecule has 0 aromatic heterocycles. The summed E-state index contributed by atoms with van der Waals surface area (Å²) in [5.41, 5.74) is 0.0996. The summed E-state index contributed by atoms with van der Waals surface area (Å²) < 4.78 is 28.0. The number of ether oxygens (including phenoxy) is 1. The first-order valence-electron chi connectivity index (χ1n) is 6.06. The van der Waals surface area contributed by atoms with E-state index >= 15 is 0 Å². The fourth-order valence-electron chi connectivity index (χ4n) is 1.53. The van der Waals surface area contributed by atoms with Gasteiger partial charge in [-0.3, -0.25) is 10.1 Å². The second-order valence-electron chi connectivity index (χ2n) is 4.24. The predicted molar refractivity (Wildman–Crippen MR) is 73.6 cm³/mol. The van der Waals surface area contributed by atoms with E-state index in [9.17, 15) is 23.6 Å². The normalized spacial score (nSPS) is 12.9. The average Bonchev–Trinajstić information content (AvgIpc) is 2.38. The predicted octanol–water partition coefficient (Wildman–Crippen LogP) is 1.46. The number of hydrogen-bond donors (Lipinski definition) is 1. The average molecular weight is 303 g/mol. The highest BCUT2D eigenvalue weighted by molar-refractivity contribution is 7.91. The van der Waals surface area contributed by atoms with Gasteiger partial charge in [0.05, 0.1) is 16.8 Å². The molecule has 0 radical (unpaired) electrons. The quantitative estimate of drug-likeness (QED) is 0.603. The zero-order chi connectivity index (χ0) is 15.3. The number of nitro benzene ring substituents is 1. The summed E-state index contributed by atoms with van der Waals surface area (Å²) in [7, 11) is -3.14. The second kappa shape index (κ2) is 6.67. The molecule has 20 heavy (non-hydrogen) atoms. The number of rotatable bonds is 7. The van der Waals surface area contributed by atoms with Gasteiger partial charge in [-0.05, 0) is 13.0 Å². The van der Waals surface area contributed by atoms with Crippen molar-refractivity contribution in [3.63, 3.8) is 0 Å². The molecular formula is C12H17NO6S. The minimum Gasteiger partial charge on any atom is -0.492 e. The van der Waals surface area contributed by atoms with Gasteiger partial charge in [0, 0.05) is 23.4 Å². The number of hydrogen-bond acceptors (Lipinski definition) is 6. The summed E-state index contributed by atoms with van der Waals surface area (Å²) >= 11 is 0. The number of aliphatic hydroxyl groups excluding tert-OH is 1. The molecule has 0 spiro atoms. The molecule has 0 aliphatic heterocycles. The second-order valence-corrected chi connectivity index (χ2v) is 6.71. The van der Waals surface area contributed by atoms with E-state index < -0.39 is 20.9 Å². The van der Waals surface area contributed by atoms with E-state index in [0.717, 1.165) is 0 Å². The lowest BCUT2D eigenvalue weighted by molar-refractivity contribution is -0.385. The van der Waals surface area contributed by atoms with Gasteiger partial charge >= 0.3 is 0 Å². The maximum atomic E-state index is 11.3. The highest BCUT2D eigenvalue weighted by Crippen LogP contribution is 2.29. The summed E-state index contributed by atoms with van der Waals surface area (Å²) in [5, 5.41) is 20.3. The first-order chi connectivity index (χ1) is 9.26. The topological polar surface area (TPSA) is 107 Å². The van der Waals surface area contributed by atoms with E-state index in [-0.39, 0.29) is 35.1 Å². The Bertz CT molecular complexity index is 582. The summed E-state index contributed by atoms with van der Waals surface area (Å²) in [6, 6.07) is 3.82. The van der Waals surface area contributed by atoms with Crippen molar-refractivity contribution in [2.75, 3.05) is 18.1 Å². The van der Waals surface area contributed by atoms with Crippen LogP contribution in [0.25, 0.3) is 0 Å². The van der Waals surface area contributed by atoms with E-state index in [2.05, 4.69) is 0 Å². The Morgan fingerprint density at radius 2 is 2.10 bits per heavy atom. The lowest BCUT2D eigenvalue weighted by atomic mass is 10.1. The van der Waals surface area contributed by atoms with Crippen molar-refractivity contribution < 1.29 is 23.2 Å². The summed E-state index contributed by atoms with van der Waals surface area (Å²) in [5.74, 6) is 0.136. The van der Waals surface area contributed by atoms with Crippen molar-refractivity contribution in [2.45, 2.75) is 20.0 Å². The van der Waals surface area contributed by atoms with Crippen molar-refractivity contribution in [3.8, 4) is 5.75 Å². The highest BCUT2D eigenvalue weighted by atomic mass is 32.2. The molecule has 8 heteroatoms. The van der Waals surface area contributed by atoms with E-state index in [1.165, 1.54) is 25.1 Å². The van der Waals surface area contributed by atoms with Gasteiger partial charge in [0.2, 0.25) is 0 Å². The van der Waals surface area contributed by atoms with Crippen LogP contribution in [0.15, 0.2) is 18.2 Å². The Morgan fingerprint density at radius 3 is 2.60 bits per heavy atom. The van der Waals surface area contributed by atoms with Crippen LogP contribution >= 0.6 is 0 Å². The molecule has 0 aliphatic carbocycles. The first kappa shape index (κ1) is 16.4. The van der Waals surface area contributed by atoms with Crippen LogP contribution in [0, 0.1) is 10.1 Å². The molecule has 1 aromatic rings.